The van der Waals surface area contributed by atoms with Crippen LogP contribution in [0.4, 0.5) is 0 Å². The third-order valence-electron chi connectivity index (χ3n) is 2.77. The number of aromatic nitrogens is 1. The van der Waals surface area contributed by atoms with Gasteiger partial charge in [0.25, 0.3) is 5.91 Å². The molecular weight excluding hydrogens is 274 g/mol. The Kier molecular flexibility index (Phi) is 5.53. The molecule has 1 amide bonds. The number of halogens is 1. The summed E-state index contributed by atoms with van der Waals surface area (Å²) in [5.74, 6) is -0.0904. The van der Waals surface area contributed by atoms with Crippen molar-refractivity contribution in [2.45, 2.75) is 6.54 Å². The van der Waals surface area contributed by atoms with Crippen LogP contribution < -0.4 is 10.6 Å². The predicted octanol–water partition coefficient (Wildman–Crippen LogP) is 2.25. The molecule has 1 aromatic carbocycles. The van der Waals surface area contributed by atoms with Gasteiger partial charge in [-0.1, -0.05) is 11.6 Å². The van der Waals surface area contributed by atoms with Crippen molar-refractivity contribution in [3.8, 4) is 0 Å². The van der Waals surface area contributed by atoms with Gasteiger partial charge < -0.3 is 10.6 Å². The largest absolute Gasteiger partial charge is 0.351 e. The molecule has 0 spiro atoms. The molecule has 2 aromatic rings. The van der Waals surface area contributed by atoms with Crippen molar-refractivity contribution in [1.82, 2.24) is 15.6 Å². The quantitative estimate of drug-likeness (QED) is 0.802. The van der Waals surface area contributed by atoms with Crippen LogP contribution in [0, 0.1) is 0 Å². The smallest absolute Gasteiger partial charge is 0.251 e. The highest BCUT2D eigenvalue weighted by Gasteiger charge is 2.03. The Morgan fingerprint density at radius 2 is 1.75 bits per heavy atom. The molecule has 0 radical (unpaired) electrons. The normalized spacial score (nSPS) is 10.2. The Morgan fingerprint density at radius 1 is 1.05 bits per heavy atom. The van der Waals surface area contributed by atoms with E-state index >= 15 is 0 Å². The fourth-order valence-electron chi connectivity index (χ4n) is 1.70. The lowest BCUT2D eigenvalue weighted by molar-refractivity contribution is 0.0954. The standard InChI is InChI=1S/C15H16ClN3O/c16-14-3-1-13(2-4-14)15(20)19-10-9-18-11-12-5-7-17-8-6-12/h1-8,18H,9-11H2,(H,19,20). The predicted molar refractivity (Wildman–Crippen MR) is 79.7 cm³/mol. The highest BCUT2D eigenvalue weighted by Crippen LogP contribution is 2.09. The molecule has 4 nitrogen and oxygen atoms in total. The number of rotatable bonds is 6. The first-order chi connectivity index (χ1) is 9.75. The average Bonchev–Trinajstić information content (AvgIpc) is 2.48. The number of carbonyl (C=O) groups excluding carboxylic acids is 1. The number of nitrogens with one attached hydrogen (secondary N) is 2. The van der Waals surface area contributed by atoms with Crippen molar-refractivity contribution in [2.24, 2.45) is 0 Å². The van der Waals surface area contributed by atoms with E-state index in [4.69, 9.17) is 11.6 Å². The molecular formula is C15H16ClN3O. The van der Waals surface area contributed by atoms with Gasteiger partial charge in [-0.25, -0.2) is 0 Å². The van der Waals surface area contributed by atoms with Crippen molar-refractivity contribution >= 4 is 17.5 Å². The zero-order valence-corrected chi connectivity index (χ0v) is 11.7. The number of hydrogen-bond acceptors (Lipinski definition) is 3. The van der Waals surface area contributed by atoms with Gasteiger partial charge in [0.1, 0.15) is 0 Å². The van der Waals surface area contributed by atoms with E-state index < -0.39 is 0 Å². The number of carbonyl (C=O) groups is 1. The highest BCUT2D eigenvalue weighted by atomic mass is 35.5. The molecule has 0 unspecified atom stereocenters. The molecule has 1 heterocycles. The van der Waals surface area contributed by atoms with Crippen LogP contribution in [-0.4, -0.2) is 24.0 Å². The number of hydrogen-bond donors (Lipinski definition) is 2. The summed E-state index contributed by atoms with van der Waals surface area (Å²) in [5.41, 5.74) is 1.78. The molecule has 0 saturated carbocycles. The van der Waals surface area contributed by atoms with Gasteiger partial charge in [0, 0.05) is 42.6 Å². The number of nitrogens with zero attached hydrogens (tertiary/aromatic N) is 1. The lowest BCUT2D eigenvalue weighted by Gasteiger charge is -2.07. The summed E-state index contributed by atoms with van der Waals surface area (Å²) in [6.45, 7) is 2.05. The molecule has 0 aliphatic rings. The van der Waals surface area contributed by atoms with Gasteiger partial charge in [0.05, 0.1) is 0 Å². The first kappa shape index (κ1) is 14.5. The summed E-state index contributed by atoms with van der Waals surface area (Å²) in [5, 5.41) is 6.73. The molecule has 0 fully saturated rings. The molecule has 0 atom stereocenters. The maximum Gasteiger partial charge on any atom is 0.251 e. The van der Waals surface area contributed by atoms with E-state index in [0.717, 1.165) is 6.54 Å². The topological polar surface area (TPSA) is 54.0 Å². The molecule has 0 aliphatic carbocycles. The van der Waals surface area contributed by atoms with Crippen LogP contribution >= 0.6 is 11.6 Å². The van der Waals surface area contributed by atoms with Gasteiger partial charge in [-0.05, 0) is 42.0 Å². The minimum atomic E-state index is -0.0904. The Bertz CT molecular complexity index is 543. The van der Waals surface area contributed by atoms with E-state index in [2.05, 4.69) is 15.6 Å². The van der Waals surface area contributed by atoms with E-state index in [0.29, 0.717) is 23.7 Å². The Hall–Kier alpha value is -1.91. The van der Waals surface area contributed by atoms with Crippen molar-refractivity contribution in [1.29, 1.82) is 0 Å². The van der Waals surface area contributed by atoms with E-state index in [9.17, 15) is 4.79 Å². The van der Waals surface area contributed by atoms with Gasteiger partial charge in [-0.15, -0.1) is 0 Å². The summed E-state index contributed by atoms with van der Waals surface area (Å²) >= 11 is 5.77. The first-order valence-corrected chi connectivity index (χ1v) is 6.77. The van der Waals surface area contributed by atoms with Gasteiger partial charge >= 0.3 is 0 Å². The molecule has 2 N–H and O–H groups in total. The second kappa shape index (κ2) is 7.62. The van der Waals surface area contributed by atoms with Gasteiger partial charge in [0.2, 0.25) is 0 Å². The van der Waals surface area contributed by atoms with Crippen LogP contribution in [0.3, 0.4) is 0 Å². The second-order valence-electron chi connectivity index (χ2n) is 4.30. The first-order valence-electron chi connectivity index (χ1n) is 6.39. The molecule has 0 aliphatic heterocycles. The molecule has 2 rings (SSSR count). The molecule has 5 heteroatoms. The van der Waals surface area contributed by atoms with Gasteiger partial charge in [-0.3, -0.25) is 9.78 Å². The molecule has 20 heavy (non-hydrogen) atoms. The average molecular weight is 290 g/mol. The van der Waals surface area contributed by atoms with Crippen LogP contribution in [0.1, 0.15) is 15.9 Å². The monoisotopic (exact) mass is 289 g/mol. The zero-order chi connectivity index (χ0) is 14.2. The number of benzene rings is 1. The molecule has 0 bridgehead atoms. The second-order valence-corrected chi connectivity index (χ2v) is 4.73. The van der Waals surface area contributed by atoms with Crippen molar-refractivity contribution in [3.05, 3.63) is 64.9 Å². The fraction of sp³-hybridized carbons (Fsp3) is 0.200. The van der Waals surface area contributed by atoms with Crippen LogP contribution in [0.5, 0.6) is 0 Å². The number of pyridine rings is 1. The van der Waals surface area contributed by atoms with E-state index in [1.165, 1.54) is 5.56 Å². The third kappa shape index (κ3) is 4.64. The van der Waals surface area contributed by atoms with Crippen LogP contribution in [0.15, 0.2) is 48.8 Å². The summed E-state index contributed by atoms with van der Waals surface area (Å²) in [7, 11) is 0. The van der Waals surface area contributed by atoms with E-state index in [1.807, 2.05) is 12.1 Å². The van der Waals surface area contributed by atoms with E-state index in [-0.39, 0.29) is 5.91 Å². The summed E-state index contributed by atoms with van der Waals surface area (Å²) in [4.78, 5) is 15.8. The zero-order valence-electron chi connectivity index (χ0n) is 11.0. The SMILES string of the molecule is O=C(NCCNCc1ccncc1)c1ccc(Cl)cc1. The Morgan fingerprint density at radius 3 is 2.45 bits per heavy atom. The van der Waals surface area contributed by atoms with Crippen LogP contribution in [0.2, 0.25) is 5.02 Å². The minimum Gasteiger partial charge on any atom is -0.351 e. The fourth-order valence-corrected chi connectivity index (χ4v) is 1.83. The van der Waals surface area contributed by atoms with Gasteiger partial charge in [0.15, 0.2) is 0 Å². The summed E-state index contributed by atoms with van der Waals surface area (Å²) in [6, 6.07) is 10.7. The van der Waals surface area contributed by atoms with Crippen molar-refractivity contribution < 1.29 is 4.79 Å². The van der Waals surface area contributed by atoms with Crippen LogP contribution in [0.25, 0.3) is 0 Å². The maximum absolute atomic E-state index is 11.8. The van der Waals surface area contributed by atoms with Crippen molar-refractivity contribution in [3.63, 3.8) is 0 Å². The van der Waals surface area contributed by atoms with Crippen molar-refractivity contribution in [2.75, 3.05) is 13.1 Å². The van der Waals surface area contributed by atoms with E-state index in [1.54, 1.807) is 36.7 Å². The molecule has 104 valence electrons. The van der Waals surface area contributed by atoms with Crippen LogP contribution in [-0.2, 0) is 6.54 Å². The number of amides is 1. The minimum absolute atomic E-state index is 0.0904. The lowest BCUT2D eigenvalue weighted by atomic mass is 10.2. The Labute approximate surface area is 123 Å². The summed E-state index contributed by atoms with van der Waals surface area (Å²) < 4.78 is 0. The highest BCUT2D eigenvalue weighted by molar-refractivity contribution is 6.30. The van der Waals surface area contributed by atoms with Gasteiger partial charge in [-0.2, -0.15) is 0 Å². The lowest BCUT2D eigenvalue weighted by Crippen LogP contribution is -2.31. The molecule has 0 saturated heterocycles. The maximum atomic E-state index is 11.8. The third-order valence-corrected chi connectivity index (χ3v) is 3.02. The Balaban J connectivity index is 1.66. The molecule has 1 aromatic heterocycles. The summed E-state index contributed by atoms with van der Waals surface area (Å²) in [6.07, 6.45) is 3.53.